The zero-order valence-corrected chi connectivity index (χ0v) is 9.78. The maximum Gasteiger partial charge on any atom is 0.154 e. The van der Waals surface area contributed by atoms with Gasteiger partial charge in [-0.05, 0) is 38.5 Å². The predicted molar refractivity (Wildman–Crippen MR) is 63.2 cm³/mol. The van der Waals surface area contributed by atoms with Gasteiger partial charge in [-0.3, -0.25) is 4.79 Å². The van der Waals surface area contributed by atoms with E-state index in [-0.39, 0.29) is 5.75 Å². The van der Waals surface area contributed by atoms with Crippen LogP contribution in [-0.4, -0.2) is 18.0 Å². The molecule has 0 saturated heterocycles. The normalized spacial score (nSPS) is 9.69. The lowest BCUT2D eigenvalue weighted by Crippen LogP contribution is -1.96. The van der Waals surface area contributed by atoms with Crippen molar-refractivity contribution in [1.29, 1.82) is 0 Å². The van der Waals surface area contributed by atoms with Gasteiger partial charge in [-0.1, -0.05) is 5.57 Å². The molecule has 86 valence electrons. The fourth-order valence-electron chi connectivity index (χ4n) is 1.29. The molecule has 0 amide bonds. The van der Waals surface area contributed by atoms with Gasteiger partial charge >= 0.3 is 0 Å². The summed E-state index contributed by atoms with van der Waals surface area (Å²) in [4.78, 5) is 10.7. The number of hydrogen-bond acceptors (Lipinski definition) is 3. The molecule has 0 saturated carbocycles. The average Bonchev–Trinajstić information content (AvgIpc) is 2.16. The third-order valence-electron chi connectivity index (χ3n) is 2.20. The topological polar surface area (TPSA) is 46.5 Å². The molecule has 3 heteroatoms. The van der Waals surface area contributed by atoms with E-state index in [2.05, 4.69) is 0 Å². The Bertz CT molecular complexity index is 392. The summed E-state index contributed by atoms with van der Waals surface area (Å²) in [7, 11) is 0. The van der Waals surface area contributed by atoms with E-state index in [0.717, 1.165) is 0 Å². The minimum absolute atomic E-state index is 0.0396. The van der Waals surface area contributed by atoms with Crippen LogP contribution in [0.25, 0.3) is 0 Å². The van der Waals surface area contributed by atoms with Crippen LogP contribution in [0.5, 0.6) is 11.5 Å². The molecule has 0 unspecified atom stereocenters. The number of ether oxygens (including phenoxy) is 1. The van der Waals surface area contributed by atoms with E-state index in [1.165, 1.54) is 11.6 Å². The quantitative estimate of drug-likeness (QED) is 0.627. The van der Waals surface area contributed by atoms with Gasteiger partial charge in [-0.2, -0.15) is 0 Å². The number of allylic oxidation sites excluding steroid dienone is 1. The first-order valence-corrected chi connectivity index (χ1v) is 5.09. The number of phenols is 1. The number of carbonyl (C=O) groups excluding carboxylic acids is 1. The largest absolute Gasteiger partial charge is 0.507 e. The Labute approximate surface area is 95.4 Å². The minimum Gasteiger partial charge on any atom is -0.507 e. The van der Waals surface area contributed by atoms with Crippen LogP contribution in [0, 0.1) is 6.92 Å². The average molecular weight is 220 g/mol. The standard InChI is InChI=1S/C13H16O3/c1-9(2)4-5-16-11-6-10(3)12(8-14)13(15)7-11/h4,6-8,15H,5H2,1-3H3. The molecule has 1 N–H and O–H groups in total. The summed E-state index contributed by atoms with van der Waals surface area (Å²) in [6.45, 7) is 6.20. The summed E-state index contributed by atoms with van der Waals surface area (Å²) in [5.74, 6) is 0.528. The van der Waals surface area contributed by atoms with Gasteiger partial charge in [0.15, 0.2) is 6.29 Å². The van der Waals surface area contributed by atoms with Crippen molar-refractivity contribution in [3.8, 4) is 11.5 Å². The highest BCUT2D eigenvalue weighted by atomic mass is 16.5. The number of aryl methyl sites for hydroxylation is 1. The third-order valence-corrected chi connectivity index (χ3v) is 2.20. The second kappa shape index (κ2) is 5.35. The van der Waals surface area contributed by atoms with Gasteiger partial charge in [0.2, 0.25) is 0 Å². The Morgan fingerprint density at radius 3 is 2.62 bits per heavy atom. The lowest BCUT2D eigenvalue weighted by Gasteiger charge is -2.08. The molecule has 1 aromatic carbocycles. The molecule has 1 aromatic rings. The second-order valence-corrected chi connectivity index (χ2v) is 3.88. The summed E-state index contributed by atoms with van der Waals surface area (Å²) >= 11 is 0. The van der Waals surface area contributed by atoms with Crippen molar-refractivity contribution < 1.29 is 14.6 Å². The Morgan fingerprint density at radius 2 is 2.12 bits per heavy atom. The summed E-state index contributed by atoms with van der Waals surface area (Å²) in [5.41, 5.74) is 2.20. The van der Waals surface area contributed by atoms with Crippen LogP contribution >= 0.6 is 0 Å². The molecule has 0 spiro atoms. The van der Waals surface area contributed by atoms with Crippen LogP contribution in [0.1, 0.15) is 29.8 Å². The van der Waals surface area contributed by atoms with Gasteiger partial charge in [0.05, 0.1) is 5.56 Å². The summed E-state index contributed by atoms with van der Waals surface area (Å²) < 4.78 is 5.43. The molecule has 0 aliphatic carbocycles. The maximum absolute atomic E-state index is 10.7. The first-order valence-electron chi connectivity index (χ1n) is 5.09. The van der Waals surface area contributed by atoms with Gasteiger partial charge in [-0.15, -0.1) is 0 Å². The highest BCUT2D eigenvalue weighted by molar-refractivity contribution is 5.81. The molecule has 0 radical (unpaired) electrons. The number of benzene rings is 1. The lowest BCUT2D eigenvalue weighted by molar-refractivity contribution is 0.112. The smallest absolute Gasteiger partial charge is 0.154 e. The molecule has 0 bridgehead atoms. The van der Waals surface area contributed by atoms with Gasteiger partial charge in [0, 0.05) is 6.07 Å². The molecule has 3 nitrogen and oxygen atoms in total. The van der Waals surface area contributed by atoms with Crippen molar-refractivity contribution in [2.24, 2.45) is 0 Å². The highest BCUT2D eigenvalue weighted by Gasteiger charge is 2.06. The molecule has 1 rings (SSSR count). The number of rotatable bonds is 4. The molecule has 0 fully saturated rings. The van der Waals surface area contributed by atoms with E-state index in [4.69, 9.17) is 4.74 Å². The zero-order chi connectivity index (χ0) is 12.1. The lowest BCUT2D eigenvalue weighted by atomic mass is 10.1. The van der Waals surface area contributed by atoms with Gasteiger partial charge in [-0.25, -0.2) is 0 Å². The van der Waals surface area contributed by atoms with Crippen molar-refractivity contribution in [3.05, 3.63) is 34.9 Å². The Morgan fingerprint density at radius 1 is 1.44 bits per heavy atom. The number of aromatic hydroxyl groups is 1. The van der Waals surface area contributed by atoms with Crippen molar-refractivity contribution in [2.45, 2.75) is 20.8 Å². The SMILES string of the molecule is CC(C)=CCOc1cc(C)c(C=O)c(O)c1. The van der Waals surface area contributed by atoms with E-state index < -0.39 is 0 Å². The number of carbonyl (C=O) groups is 1. The minimum atomic E-state index is -0.0396. The summed E-state index contributed by atoms with van der Waals surface area (Å²) in [6.07, 6.45) is 2.59. The van der Waals surface area contributed by atoms with Crippen molar-refractivity contribution in [1.82, 2.24) is 0 Å². The Balaban J connectivity index is 2.84. The van der Waals surface area contributed by atoms with Crippen LogP contribution in [0.4, 0.5) is 0 Å². The molecule has 0 atom stereocenters. The molecular weight excluding hydrogens is 204 g/mol. The fourth-order valence-corrected chi connectivity index (χ4v) is 1.29. The Kier molecular flexibility index (Phi) is 4.11. The van der Waals surface area contributed by atoms with Crippen molar-refractivity contribution in [2.75, 3.05) is 6.61 Å². The number of aldehydes is 1. The van der Waals surface area contributed by atoms with Crippen molar-refractivity contribution >= 4 is 6.29 Å². The summed E-state index contributed by atoms with van der Waals surface area (Å²) in [6, 6.07) is 3.19. The fraction of sp³-hybridized carbons (Fsp3) is 0.308. The molecule has 0 heterocycles. The molecule has 0 aromatic heterocycles. The molecular formula is C13H16O3. The Hall–Kier alpha value is -1.77. The van der Waals surface area contributed by atoms with Gasteiger partial charge in [0.1, 0.15) is 18.1 Å². The van der Waals surface area contributed by atoms with E-state index in [1.54, 1.807) is 13.0 Å². The zero-order valence-electron chi connectivity index (χ0n) is 9.78. The highest BCUT2D eigenvalue weighted by Crippen LogP contribution is 2.26. The summed E-state index contributed by atoms with van der Waals surface area (Å²) in [5, 5.41) is 9.55. The number of hydrogen-bond donors (Lipinski definition) is 1. The first-order chi connectivity index (χ1) is 7.54. The van der Waals surface area contributed by atoms with E-state index >= 15 is 0 Å². The molecule has 16 heavy (non-hydrogen) atoms. The van der Waals surface area contributed by atoms with E-state index in [1.807, 2.05) is 19.9 Å². The van der Waals surface area contributed by atoms with Crippen LogP contribution < -0.4 is 4.74 Å². The predicted octanol–water partition coefficient (Wildman–Crippen LogP) is 2.86. The van der Waals surface area contributed by atoms with E-state index in [9.17, 15) is 9.90 Å². The van der Waals surface area contributed by atoms with Gasteiger partial charge < -0.3 is 9.84 Å². The maximum atomic E-state index is 10.7. The third kappa shape index (κ3) is 3.12. The molecule has 0 aliphatic rings. The van der Waals surface area contributed by atoms with Crippen LogP contribution in [0.2, 0.25) is 0 Å². The van der Waals surface area contributed by atoms with Crippen LogP contribution in [-0.2, 0) is 0 Å². The van der Waals surface area contributed by atoms with Crippen LogP contribution in [0.3, 0.4) is 0 Å². The molecule has 0 aliphatic heterocycles. The monoisotopic (exact) mass is 220 g/mol. The first kappa shape index (κ1) is 12.3. The second-order valence-electron chi connectivity index (χ2n) is 3.88. The van der Waals surface area contributed by atoms with E-state index in [0.29, 0.717) is 29.8 Å². The van der Waals surface area contributed by atoms with Crippen LogP contribution in [0.15, 0.2) is 23.8 Å². The number of phenolic OH excluding ortho intramolecular Hbond substituents is 1. The van der Waals surface area contributed by atoms with Gasteiger partial charge in [0.25, 0.3) is 0 Å². The van der Waals surface area contributed by atoms with Crippen molar-refractivity contribution in [3.63, 3.8) is 0 Å².